The minimum absolute atomic E-state index is 0.232. The fourth-order valence-corrected chi connectivity index (χ4v) is 4.87. The molecule has 2 aliphatic carbocycles. The number of halogens is 4. The molecule has 0 heterocycles. The number of benzene rings is 1. The van der Waals surface area contributed by atoms with Crippen LogP contribution in [-0.4, -0.2) is 0 Å². The maximum absolute atomic E-state index is 15.1. The molecule has 0 saturated carbocycles. The molecule has 0 unspecified atom stereocenters. The second-order valence-electron chi connectivity index (χ2n) is 9.66. The standard InChI is InChI=1S/C25H30F4/c1-13-14(2)23(8,9)21(17(5)22(13,6)7)18-10-11-19-20(12-18)25(28,29)16(4)15(3)24(19,26)27/h10-12H,1-9H3. The van der Waals surface area contributed by atoms with E-state index in [0.717, 1.165) is 25.0 Å². The lowest BCUT2D eigenvalue weighted by Crippen LogP contribution is -2.34. The molecular weight excluding hydrogens is 376 g/mol. The zero-order valence-electron chi connectivity index (χ0n) is 18.7. The van der Waals surface area contributed by atoms with E-state index in [9.17, 15) is 8.78 Å². The third-order valence-corrected chi connectivity index (χ3v) is 7.86. The van der Waals surface area contributed by atoms with Crippen molar-refractivity contribution in [2.45, 2.75) is 74.2 Å². The Bertz CT molecular complexity index is 998. The average Bonchev–Trinajstić information content (AvgIpc) is 2.63. The summed E-state index contributed by atoms with van der Waals surface area (Å²) in [5, 5.41) is 0. The monoisotopic (exact) mass is 406 g/mol. The number of hydrogen-bond acceptors (Lipinski definition) is 0. The quantitative estimate of drug-likeness (QED) is 0.324. The molecule has 3 rings (SSSR count). The number of allylic oxidation sites excluding steroid dienone is 6. The van der Waals surface area contributed by atoms with Gasteiger partial charge in [0.25, 0.3) is 11.8 Å². The molecule has 29 heavy (non-hydrogen) atoms. The summed E-state index contributed by atoms with van der Waals surface area (Å²) in [6, 6.07) is 4.07. The highest BCUT2D eigenvalue weighted by Crippen LogP contribution is 2.57. The third kappa shape index (κ3) is 2.70. The Kier molecular flexibility index (Phi) is 4.59. The van der Waals surface area contributed by atoms with Gasteiger partial charge in [0, 0.05) is 33.1 Å². The third-order valence-electron chi connectivity index (χ3n) is 7.86. The van der Waals surface area contributed by atoms with Crippen molar-refractivity contribution in [2.75, 3.05) is 0 Å². The Balaban J connectivity index is 2.33. The molecule has 0 aromatic heterocycles. The molecule has 0 radical (unpaired) electrons. The van der Waals surface area contributed by atoms with Gasteiger partial charge in [0.05, 0.1) is 0 Å². The molecule has 0 bridgehead atoms. The van der Waals surface area contributed by atoms with Crippen molar-refractivity contribution in [3.8, 4) is 0 Å². The molecule has 0 amide bonds. The zero-order chi connectivity index (χ0) is 22.3. The smallest absolute Gasteiger partial charge is 0.196 e. The van der Waals surface area contributed by atoms with Crippen LogP contribution in [0.2, 0.25) is 0 Å². The van der Waals surface area contributed by atoms with Crippen molar-refractivity contribution in [1.29, 1.82) is 0 Å². The van der Waals surface area contributed by atoms with Gasteiger partial charge in [0.2, 0.25) is 0 Å². The van der Waals surface area contributed by atoms with Crippen LogP contribution in [0.25, 0.3) is 5.57 Å². The predicted molar refractivity (Wildman–Crippen MR) is 111 cm³/mol. The summed E-state index contributed by atoms with van der Waals surface area (Å²) in [5.74, 6) is -6.81. The van der Waals surface area contributed by atoms with Gasteiger partial charge in [0.1, 0.15) is 0 Å². The van der Waals surface area contributed by atoms with Gasteiger partial charge >= 0.3 is 0 Å². The van der Waals surface area contributed by atoms with E-state index in [0.29, 0.717) is 5.56 Å². The first-order valence-electron chi connectivity index (χ1n) is 9.99. The SMILES string of the molecule is CC1=C(C)C(C)(C)C(c2ccc3c(c2)C(F)(F)C(C)=C(C)C3(F)F)=C(C)C1(C)C. The average molecular weight is 407 g/mol. The lowest BCUT2D eigenvalue weighted by Gasteiger charge is -2.45. The second-order valence-corrected chi connectivity index (χ2v) is 9.66. The van der Waals surface area contributed by atoms with Crippen molar-refractivity contribution in [3.05, 3.63) is 62.8 Å². The number of hydrogen-bond donors (Lipinski definition) is 0. The Labute approximate surface area is 171 Å². The highest BCUT2D eigenvalue weighted by molar-refractivity contribution is 5.79. The molecule has 158 valence electrons. The van der Waals surface area contributed by atoms with Gasteiger partial charge in [-0.2, -0.15) is 17.6 Å². The number of rotatable bonds is 1. The first kappa shape index (κ1) is 21.9. The highest BCUT2D eigenvalue weighted by Gasteiger charge is 2.52. The van der Waals surface area contributed by atoms with E-state index >= 15 is 8.78 Å². The summed E-state index contributed by atoms with van der Waals surface area (Å²) in [6.45, 7) is 16.8. The fraction of sp³-hybridized carbons (Fsp3) is 0.520. The lowest BCUT2D eigenvalue weighted by atomic mass is 9.59. The largest absolute Gasteiger partial charge is 0.295 e. The molecule has 0 atom stereocenters. The van der Waals surface area contributed by atoms with Crippen LogP contribution in [-0.2, 0) is 11.8 Å². The maximum atomic E-state index is 15.1. The van der Waals surface area contributed by atoms with E-state index in [1.54, 1.807) is 6.07 Å². The Morgan fingerprint density at radius 3 is 1.52 bits per heavy atom. The summed E-state index contributed by atoms with van der Waals surface area (Å²) in [4.78, 5) is 0. The normalized spacial score (nSPS) is 24.7. The van der Waals surface area contributed by atoms with Gasteiger partial charge in [-0.05, 0) is 51.8 Å². The van der Waals surface area contributed by atoms with E-state index in [1.165, 1.54) is 23.3 Å². The Hall–Kier alpha value is -1.84. The van der Waals surface area contributed by atoms with E-state index in [2.05, 4.69) is 41.5 Å². The first-order valence-corrected chi connectivity index (χ1v) is 9.99. The molecule has 1 aromatic carbocycles. The van der Waals surface area contributed by atoms with E-state index < -0.39 is 34.1 Å². The van der Waals surface area contributed by atoms with Crippen LogP contribution < -0.4 is 0 Å². The van der Waals surface area contributed by atoms with E-state index in [4.69, 9.17) is 0 Å². The van der Waals surface area contributed by atoms with E-state index in [-0.39, 0.29) is 10.8 Å². The summed E-state index contributed by atoms with van der Waals surface area (Å²) >= 11 is 0. The van der Waals surface area contributed by atoms with Crippen molar-refractivity contribution in [1.82, 2.24) is 0 Å². The van der Waals surface area contributed by atoms with Crippen molar-refractivity contribution < 1.29 is 17.6 Å². The van der Waals surface area contributed by atoms with Gasteiger partial charge < -0.3 is 0 Å². The molecule has 0 fully saturated rings. The van der Waals surface area contributed by atoms with Crippen molar-refractivity contribution >= 4 is 5.57 Å². The van der Waals surface area contributed by atoms with Crippen LogP contribution in [0.3, 0.4) is 0 Å². The highest BCUT2D eigenvalue weighted by atomic mass is 19.3. The van der Waals surface area contributed by atoms with Gasteiger partial charge in [-0.25, -0.2) is 0 Å². The molecule has 0 spiro atoms. The predicted octanol–water partition coefficient (Wildman–Crippen LogP) is 8.40. The lowest BCUT2D eigenvalue weighted by molar-refractivity contribution is -0.0153. The van der Waals surface area contributed by atoms with Gasteiger partial charge in [-0.3, -0.25) is 0 Å². The molecule has 1 aromatic rings. The van der Waals surface area contributed by atoms with E-state index in [1.807, 2.05) is 6.92 Å². The molecular formula is C25H30F4. The van der Waals surface area contributed by atoms with Crippen molar-refractivity contribution in [2.24, 2.45) is 10.8 Å². The van der Waals surface area contributed by atoms with Gasteiger partial charge in [-0.1, -0.05) is 56.5 Å². The molecule has 0 nitrogen and oxygen atoms in total. The summed E-state index contributed by atoms with van der Waals surface area (Å²) in [7, 11) is 0. The molecule has 0 N–H and O–H groups in total. The molecule has 0 saturated heterocycles. The van der Waals surface area contributed by atoms with Crippen LogP contribution in [0.15, 0.2) is 46.1 Å². The fourth-order valence-electron chi connectivity index (χ4n) is 4.87. The van der Waals surface area contributed by atoms with Crippen LogP contribution in [0.5, 0.6) is 0 Å². The summed E-state index contributed by atoms with van der Waals surface area (Å²) in [5.41, 5.74) is 2.14. The van der Waals surface area contributed by atoms with Gasteiger partial charge in [0.15, 0.2) is 0 Å². The Morgan fingerprint density at radius 1 is 0.552 bits per heavy atom. The first-order chi connectivity index (χ1) is 13.0. The number of alkyl halides is 4. The topological polar surface area (TPSA) is 0 Å². The zero-order valence-corrected chi connectivity index (χ0v) is 18.7. The maximum Gasteiger partial charge on any atom is 0.295 e. The summed E-state index contributed by atoms with van der Waals surface area (Å²) in [6.07, 6.45) is 0. The molecule has 0 aliphatic heterocycles. The number of fused-ring (bicyclic) bond motifs is 1. The molecule has 4 heteroatoms. The van der Waals surface area contributed by atoms with Gasteiger partial charge in [-0.15, -0.1) is 0 Å². The van der Waals surface area contributed by atoms with Crippen molar-refractivity contribution in [3.63, 3.8) is 0 Å². The second kappa shape index (κ2) is 6.09. The van der Waals surface area contributed by atoms with Crippen LogP contribution >= 0.6 is 0 Å². The minimum Gasteiger partial charge on any atom is -0.196 e. The van der Waals surface area contributed by atoms with Crippen LogP contribution in [0.4, 0.5) is 17.6 Å². The summed E-state index contributed by atoms with van der Waals surface area (Å²) < 4.78 is 59.8. The van der Waals surface area contributed by atoms with Crippen LogP contribution in [0, 0.1) is 10.8 Å². The Morgan fingerprint density at radius 2 is 1.00 bits per heavy atom. The van der Waals surface area contributed by atoms with Crippen LogP contribution in [0.1, 0.15) is 79.0 Å². The molecule has 2 aliphatic rings. The minimum atomic E-state index is -3.42.